The molecule has 3 nitrogen and oxygen atoms in total. The van der Waals surface area contributed by atoms with Gasteiger partial charge in [0.2, 0.25) is 5.75 Å². The zero-order valence-corrected chi connectivity index (χ0v) is 13.0. The molecule has 0 aliphatic carbocycles. The van der Waals surface area contributed by atoms with Crippen molar-refractivity contribution in [1.82, 2.24) is 0 Å². The van der Waals surface area contributed by atoms with E-state index in [1.165, 1.54) is 21.3 Å². The molecule has 1 atom stereocenters. The Bertz CT molecular complexity index is 449. The highest BCUT2D eigenvalue weighted by Crippen LogP contribution is 2.45. The summed E-state index contributed by atoms with van der Waals surface area (Å²) >= 11 is 3.26. The minimum absolute atomic E-state index is 0.0880. The number of methoxy groups -OCH3 is 3. The van der Waals surface area contributed by atoms with Crippen LogP contribution in [0.1, 0.15) is 23.2 Å². The van der Waals surface area contributed by atoms with Gasteiger partial charge in [0.15, 0.2) is 11.5 Å². The molecule has 0 amide bonds. The molecule has 0 aliphatic rings. The van der Waals surface area contributed by atoms with Crippen LogP contribution in [0.3, 0.4) is 0 Å². The molecule has 0 heterocycles. The summed E-state index contributed by atoms with van der Waals surface area (Å²) in [5, 5.41) is 0. The van der Waals surface area contributed by atoms with E-state index in [4.69, 9.17) is 14.2 Å². The molecule has 114 valence electrons. The van der Waals surface area contributed by atoms with Gasteiger partial charge in [-0.1, -0.05) is 22.0 Å². The van der Waals surface area contributed by atoms with E-state index in [2.05, 4.69) is 15.9 Å². The molecule has 0 saturated carbocycles. The highest BCUT2D eigenvalue weighted by Gasteiger charge is 2.29. The van der Waals surface area contributed by atoms with Gasteiger partial charge in [-0.25, -0.2) is 0 Å². The van der Waals surface area contributed by atoms with Crippen LogP contribution in [0.2, 0.25) is 0 Å². The number of hydrogen-bond donors (Lipinski definition) is 0. The SMILES string of the molecule is COc1ccc(C(Br)CCC(F)(F)F)c(OC)c1OC. The third-order valence-corrected chi connectivity index (χ3v) is 3.70. The van der Waals surface area contributed by atoms with Crippen LogP contribution >= 0.6 is 15.9 Å². The summed E-state index contributed by atoms with van der Waals surface area (Å²) in [6.07, 6.45) is -5.15. The Morgan fingerprint density at radius 2 is 1.65 bits per heavy atom. The first-order valence-electron chi connectivity index (χ1n) is 5.83. The fourth-order valence-corrected chi connectivity index (χ4v) is 2.41. The van der Waals surface area contributed by atoms with Crippen molar-refractivity contribution in [2.75, 3.05) is 21.3 Å². The molecule has 7 heteroatoms. The van der Waals surface area contributed by atoms with Gasteiger partial charge in [-0.2, -0.15) is 13.2 Å². The standard InChI is InChI=1S/C13H16BrF3O3/c1-18-10-5-4-8(11(19-2)12(10)20-3)9(14)6-7-13(15,16)17/h4-5,9H,6-7H2,1-3H3. The van der Waals surface area contributed by atoms with Crippen molar-refractivity contribution in [1.29, 1.82) is 0 Å². The van der Waals surface area contributed by atoms with Gasteiger partial charge < -0.3 is 14.2 Å². The molecule has 1 unspecified atom stereocenters. The van der Waals surface area contributed by atoms with Crippen LogP contribution in [0.25, 0.3) is 0 Å². The van der Waals surface area contributed by atoms with Crippen molar-refractivity contribution in [3.63, 3.8) is 0 Å². The van der Waals surface area contributed by atoms with Crippen LogP contribution in [0, 0.1) is 0 Å². The summed E-state index contributed by atoms with van der Waals surface area (Å²) in [6.45, 7) is 0. The molecule has 0 radical (unpaired) electrons. The first kappa shape index (κ1) is 16.9. The highest BCUT2D eigenvalue weighted by molar-refractivity contribution is 9.09. The van der Waals surface area contributed by atoms with Gasteiger partial charge in [-0.3, -0.25) is 0 Å². The molecule has 1 rings (SSSR count). The van der Waals surface area contributed by atoms with Crippen molar-refractivity contribution in [3.05, 3.63) is 17.7 Å². The molecule has 0 N–H and O–H groups in total. The van der Waals surface area contributed by atoms with Crippen LogP contribution in [-0.2, 0) is 0 Å². The summed E-state index contributed by atoms with van der Waals surface area (Å²) in [6, 6.07) is 3.30. The lowest BCUT2D eigenvalue weighted by molar-refractivity contribution is -0.135. The Morgan fingerprint density at radius 1 is 1.05 bits per heavy atom. The van der Waals surface area contributed by atoms with E-state index in [0.29, 0.717) is 22.8 Å². The second kappa shape index (κ2) is 7.06. The molecular formula is C13H16BrF3O3. The largest absolute Gasteiger partial charge is 0.493 e. The van der Waals surface area contributed by atoms with E-state index in [1.54, 1.807) is 12.1 Å². The lowest BCUT2D eigenvalue weighted by Gasteiger charge is -2.19. The molecule has 0 aliphatic heterocycles. The van der Waals surface area contributed by atoms with E-state index in [1.807, 2.05) is 0 Å². The first-order chi connectivity index (χ1) is 9.34. The minimum Gasteiger partial charge on any atom is -0.493 e. The fraction of sp³-hybridized carbons (Fsp3) is 0.538. The van der Waals surface area contributed by atoms with Crippen LogP contribution < -0.4 is 14.2 Å². The number of rotatable bonds is 6. The Labute approximate surface area is 124 Å². The van der Waals surface area contributed by atoms with Crippen molar-refractivity contribution in [2.24, 2.45) is 0 Å². The van der Waals surface area contributed by atoms with E-state index in [-0.39, 0.29) is 6.42 Å². The van der Waals surface area contributed by atoms with Gasteiger partial charge in [0.25, 0.3) is 0 Å². The average molecular weight is 357 g/mol. The van der Waals surface area contributed by atoms with Crippen LogP contribution in [0.4, 0.5) is 13.2 Å². The van der Waals surface area contributed by atoms with Gasteiger partial charge in [-0.05, 0) is 12.5 Å². The zero-order chi connectivity index (χ0) is 15.3. The monoisotopic (exact) mass is 356 g/mol. The zero-order valence-electron chi connectivity index (χ0n) is 11.4. The molecule has 0 spiro atoms. The number of halogens is 4. The first-order valence-corrected chi connectivity index (χ1v) is 6.75. The van der Waals surface area contributed by atoms with Crippen molar-refractivity contribution >= 4 is 15.9 Å². The summed E-state index contributed by atoms with van der Waals surface area (Å²) in [5.74, 6) is 1.20. The van der Waals surface area contributed by atoms with E-state index in [0.717, 1.165) is 0 Å². The van der Waals surface area contributed by atoms with Crippen LogP contribution in [0.15, 0.2) is 12.1 Å². The van der Waals surface area contributed by atoms with Crippen LogP contribution in [-0.4, -0.2) is 27.5 Å². The summed E-state index contributed by atoms with van der Waals surface area (Å²) in [7, 11) is 4.36. The number of benzene rings is 1. The number of ether oxygens (including phenoxy) is 3. The molecular weight excluding hydrogens is 341 g/mol. The maximum Gasteiger partial charge on any atom is 0.389 e. The van der Waals surface area contributed by atoms with E-state index < -0.39 is 17.4 Å². The van der Waals surface area contributed by atoms with Gasteiger partial charge in [0.1, 0.15) is 0 Å². The van der Waals surface area contributed by atoms with Crippen molar-refractivity contribution < 1.29 is 27.4 Å². The minimum atomic E-state index is -4.18. The highest BCUT2D eigenvalue weighted by atomic mass is 79.9. The Kier molecular flexibility index (Phi) is 5.98. The third-order valence-electron chi connectivity index (χ3n) is 2.75. The van der Waals surface area contributed by atoms with Crippen molar-refractivity contribution in [2.45, 2.75) is 23.8 Å². The van der Waals surface area contributed by atoms with E-state index in [9.17, 15) is 13.2 Å². The normalized spacial score (nSPS) is 12.9. The Balaban J connectivity index is 3.05. The molecule has 1 aromatic rings. The molecule has 0 saturated heterocycles. The van der Waals surface area contributed by atoms with Crippen molar-refractivity contribution in [3.8, 4) is 17.2 Å². The van der Waals surface area contributed by atoms with E-state index >= 15 is 0 Å². The fourth-order valence-electron chi connectivity index (χ4n) is 1.82. The van der Waals surface area contributed by atoms with Crippen LogP contribution in [0.5, 0.6) is 17.2 Å². The number of hydrogen-bond acceptors (Lipinski definition) is 3. The lowest BCUT2D eigenvalue weighted by Crippen LogP contribution is -2.09. The van der Waals surface area contributed by atoms with Gasteiger partial charge >= 0.3 is 6.18 Å². The molecule has 0 fully saturated rings. The summed E-state index contributed by atoms with van der Waals surface area (Å²) in [4.78, 5) is -0.487. The summed E-state index contributed by atoms with van der Waals surface area (Å²) < 4.78 is 52.4. The second-order valence-electron chi connectivity index (χ2n) is 4.04. The molecule has 20 heavy (non-hydrogen) atoms. The third kappa shape index (κ3) is 4.19. The topological polar surface area (TPSA) is 27.7 Å². The Hall–Kier alpha value is -1.11. The quantitative estimate of drug-likeness (QED) is 0.702. The molecule has 0 bridgehead atoms. The van der Waals surface area contributed by atoms with Gasteiger partial charge in [-0.15, -0.1) is 0 Å². The summed E-state index contributed by atoms with van der Waals surface area (Å²) in [5.41, 5.74) is 0.592. The smallest absolute Gasteiger partial charge is 0.389 e. The molecule has 1 aromatic carbocycles. The average Bonchev–Trinajstić information content (AvgIpc) is 2.41. The molecule has 0 aromatic heterocycles. The predicted octanol–water partition coefficient (Wildman–Crippen LogP) is 4.49. The number of alkyl halides is 4. The second-order valence-corrected chi connectivity index (χ2v) is 5.15. The maximum absolute atomic E-state index is 12.3. The predicted molar refractivity (Wildman–Crippen MR) is 73.1 cm³/mol. The lowest BCUT2D eigenvalue weighted by atomic mass is 10.1. The Morgan fingerprint density at radius 3 is 2.10 bits per heavy atom. The van der Waals surface area contributed by atoms with Gasteiger partial charge in [0.05, 0.1) is 21.3 Å². The van der Waals surface area contributed by atoms with Gasteiger partial charge in [0, 0.05) is 16.8 Å². The maximum atomic E-state index is 12.3.